The average molecular weight is 752 g/mol. The number of nitrogens with zero attached hydrogens (tertiary/aromatic N) is 1. The third-order valence-corrected chi connectivity index (χ3v) is 11.2. The topological polar surface area (TPSA) is 76.1 Å². The van der Waals surface area contributed by atoms with E-state index in [-0.39, 0.29) is 18.5 Å². The molecule has 0 heterocycles. The minimum Gasteiger partial charge on any atom is -0.465 e. The Morgan fingerprint density at radius 3 is 1.06 bits per heavy atom. The molecular formula is C47H93NO5. The number of hydrogen-bond donors (Lipinski definition) is 1. The second kappa shape index (κ2) is 42.0. The van der Waals surface area contributed by atoms with Crippen LogP contribution >= 0.6 is 0 Å². The van der Waals surface area contributed by atoms with Crippen molar-refractivity contribution in [2.75, 3.05) is 39.5 Å². The van der Waals surface area contributed by atoms with Crippen LogP contribution in [-0.2, 0) is 19.1 Å². The molecule has 0 radical (unpaired) electrons. The number of ether oxygens (including phenoxy) is 2. The van der Waals surface area contributed by atoms with Crippen LogP contribution in [0.25, 0.3) is 0 Å². The lowest BCUT2D eigenvalue weighted by Gasteiger charge is -2.21. The molecule has 2 atom stereocenters. The highest BCUT2D eigenvalue weighted by Crippen LogP contribution is 2.21. The predicted molar refractivity (Wildman–Crippen MR) is 227 cm³/mol. The molecule has 0 saturated carbocycles. The summed E-state index contributed by atoms with van der Waals surface area (Å²) < 4.78 is 11.6. The molecule has 6 nitrogen and oxygen atoms in total. The summed E-state index contributed by atoms with van der Waals surface area (Å²) in [7, 11) is 0. The maximum absolute atomic E-state index is 12.6. The van der Waals surface area contributed by atoms with E-state index in [2.05, 4.69) is 32.6 Å². The van der Waals surface area contributed by atoms with Gasteiger partial charge in [-0.1, -0.05) is 175 Å². The van der Waals surface area contributed by atoms with Crippen molar-refractivity contribution in [3.05, 3.63) is 0 Å². The van der Waals surface area contributed by atoms with Crippen LogP contribution in [0.4, 0.5) is 0 Å². The van der Waals surface area contributed by atoms with Crippen molar-refractivity contribution in [2.45, 2.75) is 240 Å². The molecule has 0 amide bonds. The van der Waals surface area contributed by atoms with E-state index in [1.165, 1.54) is 161 Å². The Morgan fingerprint density at radius 2 is 0.717 bits per heavy atom. The zero-order valence-electron chi connectivity index (χ0n) is 36.3. The zero-order valence-corrected chi connectivity index (χ0v) is 36.3. The average Bonchev–Trinajstić information content (AvgIpc) is 3.16. The van der Waals surface area contributed by atoms with Crippen molar-refractivity contribution in [3.8, 4) is 0 Å². The van der Waals surface area contributed by atoms with Crippen LogP contribution in [0, 0.1) is 11.8 Å². The smallest absolute Gasteiger partial charge is 0.305 e. The Morgan fingerprint density at radius 1 is 0.415 bits per heavy atom. The van der Waals surface area contributed by atoms with E-state index in [1.54, 1.807) is 0 Å². The second-order valence-electron chi connectivity index (χ2n) is 16.4. The number of esters is 2. The van der Waals surface area contributed by atoms with Gasteiger partial charge in [0.15, 0.2) is 0 Å². The molecule has 0 saturated heterocycles. The predicted octanol–water partition coefficient (Wildman–Crippen LogP) is 13.6. The lowest BCUT2D eigenvalue weighted by molar-refractivity contribution is -0.146. The fraction of sp³-hybridized carbons (Fsp3) is 0.957. The number of rotatable bonds is 43. The Kier molecular flexibility index (Phi) is 41.1. The fourth-order valence-electron chi connectivity index (χ4n) is 7.55. The number of carbonyl (C=O) groups excluding carboxylic acids is 2. The Labute approximate surface area is 331 Å². The first-order valence-electron chi connectivity index (χ1n) is 23.6. The minimum absolute atomic E-state index is 0.0324. The highest BCUT2D eigenvalue weighted by atomic mass is 16.5. The third-order valence-electron chi connectivity index (χ3n) is 11.2. The van der Waals surface area contributed by atoms with Gasteiger partial charge >= 0.3 is 11.9 Å². The SMILES string of the molecule is CCCCCCCCC(CCCCCC)COC(=O)CCCCCN(CCO)CCCCCC(=O)OCC(CCCCCCC)CCCCCCCC. The van der Waals surface area contributed by atoms with Gasteiger partial charge in [0, 0.05) is 19.4 Å². The summed E-state index contributed by atoms with van der Waals surface area (Å²) >= 11 is 0. The summed E-state index contributed by atoms with van der Waals surface area (Å²) in [5.74, 6) is 0.964. The lowest BCUT2D eigenvalue weighted by atomic mass is 9.95. The standard InChI is InChI=1S/C47H93NO5/c1-5-9-13-17-20-26-34-44(32-24-16-12-8-4)42-52-46(50)36-28-22-30-38-48(40-41-49)39-31-23-29-37-47(51)53-43-45(33-25-19-15-11-7-3)35-27-21-18-14-10-6-2/h44-45,49H,5-43H2,1-4H3. The normalized spacial score (nSPS) is 12.7. The number of unbranched alkanes of at least 4 members (excludes halogenated alkanes) is 21. The second-order valence-corrected chi connectivity index (χ2v) is 16.4. The van der Waals surface area contributed by atoms with Crippen LogP contribution in [0.1, 0.15) is 240 Å². The van der Waals surface area contributed by atoms with Crippen molar-refractivity contribution in [2.24, 2.45) is 11.8 Å². The van der Waals surface area contributed by atoms with E-state index in [0.29, 0.717) is 44.4 Å². The Balaban J connectivity index is 4.25. The van der Waals surface area contributed by atoms with E-state index >= 15 is 0 Å². The first kappa shape index (κ1) is 51.9. The van der Waals surface area contributed by atoms with Gasteiger partial charge in [0.2, 0.25) is 0 Å². The van der Waals surface area contributed by atoms with Gasteiger partial charge in [0.25, 0.3) is 0 Å². The van der Waals surface area contributed by atoms with Crippen LogP contribution in [0.5, 0.6) is 0 Å². The number of carbonyl (C=O) groups is 2. The number of aliphatic hydroxyl groups is 1. The summed E-state index contributed by atoms with van der Waals surface area (Å²) in [6.45, 7) is 13.0. The molecule has 0 aromatic heterocycles. The van der Waals surface area contributed by atoms with Crippen LogP contribution in [0.2, 0.25) is 0 Å². The van der Waals surface area contributed by atoms with Gasteiger partial charge in [-0.2, -0.15) is 0 Å². The molecule has 53 heavy (non-hydrogen) atoms. The van der Waals surface area contributed by atoms with Crippen LogP contribution in [0.3, 0.4) is 0 Å². The molecule has 0 aromatic rings. The van der Waals surface area contributed by atoms with Crippen molar-refractivity contribution < 1.29 is 24.2 Å². The van der Waals surface area contributed by atoms with Crippen LogP contribution in [-0.4, -0.2) is 61.4 Å². The molecule has 0 aliphatic heterocycles. The molecule has 2 unspecified atom stereocenters. The molecular weight excluding hydrogens is 659 g/mol. The Hall–Kier alpha value is -1.14. The van der Waals surface area contributed by atoms with Crippen molar-refractivity contribution in [1.29, 1.82) is 0 Å². The highest BCUT2D eigenvalue weighted by Gasteiger charge is 2.14. The molecule has 0 aliphatic rings. The van der Waals surface area contributed by atoms with Crippen molar-refractivity contribution in [1.82, 2.24) is 4.90 Å². The highest BCUT2D eigenvalue weighted by molar-refractivity contribution is 5.69. The number of hydrogen-bond acceptors (Lipinski definition) is 6. The fourth-order valence-corrected chi connectivity index (χ4v) is 7.55. The summed E-state index contributed by atoms with van der Waals surface area (Å²) in [6, 6.07) is 0. The quantitative estimate of drug-likeness (QED) is 0.0494. The van der Waals surface area contributed by atoms with Crippen LogP contribution < -0.4 is 0 Å². The minimum atomic E-state index is -0.0343. The molecule has 0 spiro atoms. The van der Waals surface area contributed by atoms with E-state index < -0.39 is 0 Å². The van der Waals surface area contributed by atoms with Crippen molar-refractivity contribution >= 4 is 11.9 Å². The summed E-state index contributed by atoms with van der Waals surface area (Å²) in [5.41, 5.74) is 0. The van der Waals surface area contributed by atoms with E-state index in [4.69, 9.17) is 9.47 Å². The van der Waals surface area contributed by atoms with E-state index in [9.17, 15) is 14.7 Å². The largest absolute Gasteiger partial charge is 0.465 e. The molecule has 0 fully saturated rings. The molecule has 0 bridgehead atoms. The first-order chi connectivity index (χ1) is 26.0. The van der Waals surface area contributed by atoms with E-state index in [1.807, 2.05) is 0 Å². The van der Waals surface area contributed by atoms with Crippen molar-refractivity contribution in [3.63, 3.8) is 0 Å². The molecule has 0 rings (SSSR count). The van der Waals surface area contributed by atoms with Gasteiger partial charge in [0.1, 0.15) is 0 Å². The maximum atomic E-state index is 12.6. The zero-order chi connectivity index (χ0) is 38.9. The summed E-state index contributed by atoms with van der Waals surface area (Å²) in [5, 5.41) is 9.61. The molecule has 316 valence electrons. The summed E-state index contributed by atoms with van der Waals surface area (Å²) in [6.07, 6.45) is 38.9. The van der Waals surface area contributed by atoms with Gasteiger partial charge in [-0.3, -0.25) is 9.59 Å². The van der Waals surface area contributed by atoms with Gasteiger partial charge in [-0.15, -0.1) is 0 Å². The Bertz CT molecular complexity index is 761. The molecule has 1 N–H and O–H groups in total. The monoisotopic (exact) mass is 752 g/mol. The molecule has 0 aromatic carbocycles. The number of aliphatic hydroxyl groups excluding tert-OH is 1. The van der Waals surface area contributed by atoms with E-state index in [0.717, 1.165) is 51.6 Å². The van der Waals surface area contributed by atoms with Gasteiger partial charge < -0.3 is 19.5 Å². The first-order valence-corrected chi connectivity index (χ1v) is 23.6. The van der Waals surface area contributed by atoms with Crippen LogP contribution in [0.15, 0.2) is 0 Å². The van der Waals surface area contributed by atoms with Gasteiger partial charge in [0.05, 0.1) is 19.8 Å². The summed E-state index contributed by atoms with van der Waals surface area (Å²) in [4.78, 5) is 27.5. The maximum Gasteiger partial charge on any atom is 0.305 e. The molecule has 6 heteroatoms. The molecule has 0 aliphatic carbocycles. The lowest BCUT2D eigenvalue weighted by Crippen LogP contribution is -2.29. The van der Waals surface area contributed by atoms with Gasteiger partial charge in [-0.05, 0) is 76.3 Å². The third kappa shape index (κ3) is 37.6. The van der Waals surface area contributed by atoms with Gasteiger partial charge in [-0.25, -0.2) is 0 Å².